The number of aldehydes is 1. The van der Waals surface area contributed by atoms with Crippen molar-refractivity contribution < 1.29 is 4.79 Å². The van der Waals surface area contributed by atoms with E-state index in [1.807, 2.05) is 13.0 Å². The second-order valence-corrected chi connectivity index (χ2v) is 2.92. The molecule has 0 fully saturated rings. The lowest BCUT2D eigenvalue weighted by Crippen LogP contribution is -2.16. The maximum Gasteiger partial charge on any atom is 0.129 e. The normalized spacial score (nSPS) is 34.3. The molecule has 0 amide bonds. The Kier molecular flexibility index (Phi) is 1.70. The Balaban J connectivity index is 2.67. The summed E-state index contributed by atoms with van der Waals surface area (Å²) in [6.45, 7) is 1.98. The first-order valence-corrected chi connectivity index (χ1v) is 3.41. The van der Waals surface area contributed by atoms with Gasteiger partial charge in [0.15, 0.2) is 0 Å². The van der Waals surface area contributed by atoms with Gasteiger partial charge in [-0.2, -0.15) is 0 Å². The molecule has 50 valence electrons. The number of carbonyl (C=O) groups excluding carboxylic acids is 1. The summed E-state index contributed by atoms with van der Waals surface area (Å²) >= 11 is 0. The zero-order chi connectivity index (χ0) is 6.74. The summed E-state index contributed by atoms with van der Waals surface area (Å²) in [6.07, 6.45) is 8.48. The third kappa shape index (κ3) is 1.41. The van der Waals surface area contributed by atoms with Crippen LogP contribution in [0.3, 0.4) is 0 Å². The first-order valence-electron chi connectivity index (χ1n) is 3.41. The zero-order valence-electron chi connectivity index (χ0n) is 5.76. The van der Waals surface area contributed by atoms with Gasteiger partial charge in [-0.25, -0.2) is 0 Å². The fourth-order valence-electron chi connectivity index (χ4n) is 1.13. The highest BCUT2D eigenvalue weighted by Gasteiger charge is 2.20. The van der Waals surface area contributed by atoms with E-state index in [9.17, 15) is 4.79 Å². The fraction of sp³-hybridized carbons (Fsp3) is 0.625. The van der Waals surface area contributed by atoms with Crippen LogP contribution in [0.1, 0.15) is 26.2 Å². The lowest BCUT2D eigenvalue weighted by Gasteiger charge is -2.21. The highest BCUT2D eigenvalue weighted by molar-refractivity contribution is 5.62. The first-order chi connectivity index (χ1) is 4.27. The molecule has 0 saturated heterocycles. The van der Waals surface area contributed by atoms with E-state index in [2.05, 4.69) is 6.08 Å². The van der Waals surface area contributed by atoms with Crippen molar-refractivity contribution in [3.8, 4) is 0 Å². The molecule has 0 aromatic carbocycles. The average molecular weight is 124 g/mol. The minimum atomic E-state index is -0.141. The van der Waals surface area contributed by atoms with E-state index in [1.165, 1.54) is 0 Å². The molecular weight excluding hydrogens is 112 g/mol. The molecule has 1 aliphatic rings. The summed E-state index contributed by atoms with van der Waals surface area (Å²) in [7, 11) is 0. The maximum absolute atomic E-state index is 10.4. The fourth-order valence-corrected chi connectivity index (χ4v) is 1.13. The van der Waals surface area contributed by atoms with Gasteiger partial charge in [0.1, 0.15) is 6.29 Å². The lowest BCUT2D eigenvalue weighted by molar-refractivity contribution is -0.113. The van der Waals surface area contributed by atoms with Crippen molar-refractivity contribution >= 4 is 6.29 Å². The average Bonchev–Trinajstić information content (AvgIpc) is 1.90. The van der Waals surface area contributed by atoms with E-state index in [0.29, 0.717) is 0 Å². The van der Waals surface area contributed by atoms with Crippen molar-refractivity contribution in [2.45, 2.75) is 26.2 Å². The molecular formula is C8H12O. The third-order valence-corrected chi connectivity index (χ3v) is 1.85. The van der Waals surface area contributed by atoms with Gasteiger partial charge in [0.05, 0.1) is 0 Å². The topological polar surface area (TPSA) is 17.1 Å². The molecule has 1 aliphatic carbocycles. The zero-order valence-corrected chi connectivity index (χ0v) is 5.76. The molecule has 1 heteroatoms. The molecule has 1 rings (SSSR count). The summed E-state index contributed by atoms with van der Waals surface area (Å²) in [5.41, 5.74) is -0.141. The van der Waals surface area contributed by atoms with Crippen molar-refractivity contribution in [2.75, 3.05) is 0 Å². The van der Waals surface area contributed by atoms with E-state index in [1.54, 1.807) is 0 Å². The van der Waals surface area contributed by atoms with Crippen LogP contribution in [0.15, 0.2) is 12.2 Å². The first kappa shape index (κ1) is 6.53. The number of allylic oxidation sites excluding steroid dienone is 2. The highest BCUT2D eigenvalue weighted by atomic mass is 16.1. The van der Waals surface area contributed by atoms with Crippen molar-refractivity contribution in [2.24, 2.45) is 5.41 Å². The number of hydrogen-bond acceptors (Lipinski definition) is 1. The van der Waals surface area contributed by atoms with Crippen LogP contribution < -0.4 is 0 Å². The monoisotopic (exact) mass is 124 g/mol. The summed E-state index contributed by atoms with van der Waals surface area (Å²) in [5, 5.41) is 0. The Labute approximate surface area is 55.8 Å². The summed E-state index contributed by atoms with van der Waals surface area (Å²) in [6, 6.07) is 0. The van der Waals surface area contributed by atoms with Gasteiger partial charge in [0.2, 0.25) is 0 Å². The molecule has 1 atom stereocenters. The van der Waals surface area contributed by atoms with Crippen LogP contribution in [0.25, 0.3) is 0 Å². The summed E-state index contributed by atoms with van der Waals surface area (Å²) < 4.78 is 0. The van der Waals surface area contributed by atoms with Crippen LogP contribution in [0, 0.1) is 5.41 Å². The second-order valence-electron chi connectivity index (χ2n) is 2.92. The number of hydrogen-bond donors (Lipinski definition) is 0. The van der Waals surface area contributed by atoms with Crippen LogP contribution in [0.2, 0.25) is 0 Å². The molecule has 0 bridgehead atoms. The smallest absolute Gasteiger partial charge is 0.129 e. The van der Waals surface area contributed by atoms with Crippen molar-refractivity contribution in [3.63, 3.8) is 0 Å². The predicted octanol–water partition coefficient (Wildman–Crippen LogP) is 1.93. The van der Waals surface area contributed by atoms with Gasteiger partial charge in [-0.3, -0.25) is 0 Å². The Bertz CT molecular complexity index is 138. The van der Waals surface area contributed by atoms with Crippen LogP contribution in [0.4, 0.5) is 0 Å². The molecule has 0 saturated carbocycles. The Morgan fingerprint density at radius 3 is 2.78 bits per heavy atom. The van der Waals surface area contributed by atoms with E-state index in [0.717, 1.165) is 25.5 Å². The molecule has 0 spiro atoms. The molecule has 0 N–H and O–H groups in total. The van der Waals surface area contributed by atoms with Gasteiger partial charge in [0.25, 0.3) is 0 Å². The Hall–Kier alpha value is -0.590. The van der Waals surface area contributed by atoms with Crippen molar-refractivity contribution in [3.05, 3.63) is 12.2 Å². The number of carbonyl (C=O) groups is 1. The quantitative estimate of drug-likeness (QED) is 0.385. The molecule has 0 aromatic rings. The standard InChI is InChI=1S/C8H12O/c1-8(7-9)5-3-2-4-6-8/h3,5,7H,2,4,6H2,1H3. The maximum atomic E-state index is 10.4. The van der Waals surface area contributed by atoms with E-state index in [4.69, 9.17) is 0 Å². The number of rotatable bonds is 1. The largest absolute Gasteiger partial charge is 0.302 e. The lowest BCUT2D eigenvalue weighted by atomic mass is 9.82. The summed E-state index contributed by atoms with van der Waals surface area (Å²) in [4.78, 5) is 10.4. The molecule has 1 nitrogen and oxygen atoms in total. The highest BCUT2D eigenvalue weighted by Crippen LogP contribution is 2.27. The van der Waals surface area contributed by atoms with E-state index >= 15 is 0 Å². The van der Waals surface area contributed by atoms with E-state index < -0.39 is 0 Å². The minimum absolute atomic E-state index is 0.141. The molecule has 0 heterocycles. The van der Waals surface area contributed by atoms with Gasteiger partial charge in [-0.15, -0.1) is 0 Å². The summed E-state index contributed by atoms with van der Waals surface area (Å²) in [5.74, 6) is 0. The molecule has 9 heavy (non-hydrogen) atoms. The Morgan fingerprint density at radius 2 is 2.44 bits per heavy atom. The van der Waals surface area contributed by atoms with Crippen molar-refractivity contribution in [1.29, 1.82) is 0 Å². The minimum Gasteiger partial charge on any atom is -0.302 e. The Morgan fingerprint density at radius 1 is 1.67 bits per heavy atom. The predicted molar refractivity (Wildman–Crippen MR) is 37.2 cm³/mol. The van der Waals surface area contributed by atoms with Crippen LogP contribution in [-0.2, 0) is 4.79 Å². The molecule has 0 radical (unpaired) electrons. The van der Waals surface area contributed by atoms with Gasteiger partial charge in [-0.05, 0) is 26.2 Å². The second kappa shape index (κ2) is 2.34. The molecule has 1 unspecified atom stereocenters. The van der Waals surface area contributed by atoms with Crippen LogP contribution in [-0.4, -0.2) is 6.29 Å². The third-order valence-electron chi connectivity index (χ3n) is 1.85. The van der Waals surface area contributed by atoms with Gasteiger partial charge >= 0.3 is 0 Å². The van der Waals surface area contributed by atoms with Crippen LogP contribution >= 0.6 is 0 Å². The molecule has 0 aliphatic heterocycles. The molecule has 0 aromatic heterocycles. The van der Waals surface area contributed by atoms with Gasteiger partial charge in [0, 0.05) is 5.41 Å². The van der Waals surface area contributed by atoms with E-state index in [-0.39, 0.29) is 5.41 Å². The van der Waals surface area contributed by atoms with Gasteiger partial charge < -0.3 is 4.79 Å². The van der Waals surface area contributed by atoms with Crippen LogP contribution in [0.5, 0.6) is 0 Å². The SMILES string of the molecule is CC1(C=O)C=CCCC1. The van der Waals surface area contributed by atoms with Gasteiger partial charge in [-0.1, -0.05) is 12.2 Å². The van der Waals surface area contributed by atoms with Crippen molar-refractivity contribution in [1.82, 2.24) is 0 Å².